The maximum absolute atomic E-state index is 6.20. The van der Waals surface area contributed by atoms with E-state index in [9.17, 15) is 0 Å². The predicted octanol–water partition coefficient (Wildman–Crippen LogP) is 12.7. The first kappa shape index (κ1) is 24.5. The van der Waals surface area contributed by atoms with Crippen LogP contribution >= 0.6 is 0 Å². The van der Waals surface area contributed by atoms with Crippen molar-refractivity contribution in [2.75, 3.05) is 0 Å². The first-order valence-electron chi connectivity index (χ1n) is 15.5. The Morgan fingerprint density at radius 2 is 0.911 bits per heavy atom. The molecule has 1 heteroatoms. The van der Waals surface area contributed by atoms with E-state index in [1.165, 1.54) is 76.1 Å². The van der Waals surface area contributed by atoms with Gasteiger partial charge in [-0.25, -0.2) is 0 Å². The summed E-state index contributed by atoms with van der Waals surface area (Å²) in [5.41, 5.74) is 6.91. The van der Waals surface area contributed by atoms with Crippen molar-refractivity contribution < 1.29 is 4.42 Å². The smallest absolute Gasteiger partial charge is 0.136 e. The van der Waals surface area contributed by atoms with E-state index in [-0.39, 0.29) is 0 Å². The van der Waals surface area contributed by atoms with Crippen LogP contribution in [0.2, 0.25) is 0 Å². The number of hydrogen-bond donors (Lipinski definition) is 0. The molecule has 1 aromatic heterocycles. The van der Waals surface area contributed by atoms with E-state index in [0.717, 1.165) is 21.9 Å². The molecule has 208 valence electrons. The van der Waals surface area contributed by atoms with Gasteiger partial charge in [-0.05, 0) is 100 Å². The zero-order chi connectivity index (χ0) is 29.5. The maximum Gasteiger partial charge on any atom is 0.136 e. The number of rotatable bonds is 2. The number of para-hydroxylation sites is 1. The van der Waals surface area contributed by atoms with Crippen molar-refractivity contribution in [3.05, 3.63) is 158 Å². The molecule has 0 saturated carbocycles. The topological polar surface area (TPSA) is 13.1 Å². The molecule has 1 nitrogen and oxygen atoms in total. The van der Waals surface area contributed by atoms with Crippen molar-refractivity contribution in [2.45, 2.75) is 0 Å². The van der Waals surface area contributed by atoms with Crippen LogP contribution in [0.4, 0.5) is 0 Å². The zero-order valence-corrected chi connectivity index (χ0v) is 24.4. The first-order valence-corrected chi connectivity index (χ1v) is 15.5. The van der Waals surface area contributed by atoms with Gasteiger partial charge in [0, 0.05) is 10.8 Å². The second kappa shape index (κ2) is 9.29. The average molecular weight is 571 g/mol. The van der Waals surface area contributed by atoms with Gasteiger partial charge in [-0.3, -0.25) is 0 Å². The molecule has 0 unspecified atom stereocenters. The molecule has 0 bridgehead atoms. The van der Waals surface area contributed by atoms with E-state index in [4.69, 9.17) is 4.42 Å². The molecule has 45 heavy (non-hydrogen) atoms. The summed E-state index contributed by atoms with van der Waals surface area (Å²) in [6.45, 7) is 0. The quantitative estimate of drug-likeness (QED) is 0.149. The third kappa shape index (κ3) is 3.56. The van der Waals surface area contributed by atoms with Crippen molar-refractivity contribution in [3.8, 4) is 22.3 Å². The van der Waals surface area contributed by atoms with Gasteiger partial charge >= 0.3 is 0 Å². The van der Waals surface area contributed by atoms with E-state index in [1.807, 2.05) is 12.1 Å². The number of fused-ring (bicyclic) bond motifs is 9. The molecule has 10 rings (SSSR count). The van der Waals surface area contributed by atoms with Crippen LogP contribution in [0.1, 0.15) is 0 Å². The highest BCUT2D eigenvalue weighted by molar-refractivity contribution is 6.25. The highest BCUT2D eigenvalue weighted by Gasteiger charge is 2.19. The Balaban J connectivity index is 1.28. The molecule has 0 aliphatic carbocycles. The van der Waals surface area contributed by atoms with Crippen molar-refractivity contribution in [3.63, 3.8) is 0 Å². The van der Waals surface area contributed by atoms with Crippen molar-refractivity contribution >= 4 is 75.8 Å². The molecular formula is C44H26O. The summed E-state index contributed by atoms with van der Waals surface area (Å²) >= 11 is 0. The van der Waals surface area contributed by atoms with Gasteiger partial charge in [0.25, 0.3) is 0 Å². The predicted molar refractivity (Wildman–Crippen MR) is 192 cm³/mol. The van der Waals surface area contributed by atoms with Crippen molar-refractivity contribution in [1.82, 2.24) is 0 Å². The van der Waals surface area contributed by atoms with Crippen molar-refractivity contribution in [1.29, 1.82) is 0 Å². The number of furan rings is 1. The highest BCUT2D eigenvalue weighted by atomic mass is 16.3. The van der Waals surface area contributed by atoms with E-state index in [1.54, 1.807) is 0 Å². The summed E-state index contributed by atoms with van der Waals surface area (Å²) < 4.78 is 6.20. The maximum atomic E-state index is 6.20. The largest absolute Gasteiger partial charge is 0.456 e. The Morgan fingerprint density at radius 1 is 0.289 bits per heavy atom. The van der Waals surface area contributed by atoms with Crippen LogP contribution in [0.5, 0.6) is 0 Å². The van der Waals surface area contributed by atoms with Crippen molar-refractivity contribution in [2.24, 2.45) is 0 Å². The summed E-state index contributed by atoms with van der Waals surface area (Å²) in [4.78, 5) is 0. The average Bonchev–Trinajstić information content (AvgIpc) is 3.46. The van der Waals surface area contributed by atoms with Gasteiger partial charge in [-0.2, -0.15) is 0 Å². The standard InChI is InChI=1S/C44H26O/c1-2-11-31-27(10-1)22-23-33-32(31)17-9-18-35(33)44-38-15-5-3-13-36(38)43(37-14-4-6-16-39(37)44)29-21-20-28-26-42-40(25-30(28)24-29)34-12-7-8-19-41(34)45-42/h1-26H. The van der Waals surface area contributed by atoms with E-state index >= 15 is 0 Å². The molecule has 0 amide bonds. The van der Waals surface area contributed by atoms with Crippen LogP contribution in [0.25, 0.3) is 98.1 Å². The van der Waals surface area contributed by atoms with Gasteiger partial charge in [0.05, 0.1) is 0 Å². The van der Waals surface area contributed by atoms with Crippen LogP contribution in [-0.4, -0.2) is 0 Å². The Labute approximate surface area is 259 Å². The fraction of sp³-hybridized carbons (Fsp3) is 0. The Kier molecular flexibility index (Phi) is 5.06. The summed E-state index contributed by atoms with van der Waals surface area (Å²) in [7, 11) is 0. The van der Waals surface area contributed by atoms with Crippen LogP contribution in [0, 0.1) is 0 Å². The minimum absolute atomic E-state index is 0.928. The normalized spacial score (nSPS) is 12.0. The first-order chi connectivity index (χ1) is 22.3. The van der Waals surface area contributed by atoms with Crippen LogP contribution in [0.15, 0.2) is 162 Å². The van der Waals surface area contributed by atoms with E-state index < -0.39 is 0 Å². The molecule has 0 aliphatic heterocycles. The second-order valence-corrected chi connectivity index (χ2v) is 12.0. The van der Waals surface area contributed by atoms with Crippen LogP contribution < -0.4 is 0 Å². The molecule has 0 atom stereocenters. The fourth-order valence-corrected chi connectivity index (χ4v) is 7.61. The highest BCUT2D eigenvalue weighted by Crippen LogP contribution is 2.46. The lowest BCUT2D eigenvalue weighted by Crippen LogP contribution is -1.92. The Morgan fingerprint density at radius 3 is 1.69 bits per heavy atom. The fourth-order valence-electron chi connectivity index (χ4n) is 7.61. The lowest BCUT2D eigenvalue weighted by atomic mass is 9.84. The summed E-state index contributed by atoms with van der Waals surface area (Å²) in [6, 6.07) is 57.5. The molecule has 0 saturated heterocycles. The SMILES string of the molecule is c1ccc2c(c1)ccc1c(-c3c4ccccc4c(-c4ccc5cc6oc7ccccc7c6cc5c4)c4ccccc34)cccc12. The summed E-state index contributed by atoms with van der Waals surface area (Å²) in [5, 5.41) is 14.9. The van der Waals surface area contributed by atoms with E-state index in [2.05, 4.69) is 146 Å². The number of benzene rings is 9. The van der Waals surface area contributed by atoms with Gasteiger partial charge in [-0.1, -0.05) is 133 Å². The van der Waals surface area contributed by atoms with E-state index in [0.29, 0.717) is 0 Å². The molecule has 9 aromatic carbocycles. The van der Waals surface area contributed by atoms with Gasteiger partial charge < -0.3 is 4.42 Å². The lowest BCUT2D eigenvalue weighted by molar-refractivity contribution is 0.669. The molecule has 0 fully saturated rings. The van der Waals surface area contributed by atoms with Gasteiger partial charge in [0.15, 0.2) is 0 Å². The Hall–Kier alpha value is -5.92. The van der Waals surface area contributed by atoms with Crippen LogP contribution in [0.3, 0.4) is 0 Å². The second-order valence-electron chi connectivity index (χ2n) is 12.0. The molecule has 0 spiro atoms. The minimum atomic E-state index is 0.928. The molecule has 1 heterocycles. The van der Waals surface area contributed by atoms with Gasteiger partial charge in [-0.15, -0.1) is 0 Å². The molecule has 10 aromatic rings. The Bertz CT molecular complexity index is 2760. The number of hydrogen-bond acceptors (Lipinski definition) is 1. The van der Waals surface area contributed by atoms with Crippen LogP contribution in [-0.2, 0) is 0 Å². The van der Waals surface area contributed by atoms with Gasteiger partial charge in [0.1, 0.15) is 11.2 Å². The third-order valence-electron chi connectivity index (χ3n) is 9.61. The summed E-state index contributed by atoms with van der Waals surface area (Å²) in [6.07, 6.45) is 0. The zero-order valence-electron chi connectivity index (χ0n) is 24.4. The third-order valence-corrected chi connectivity index (χ3v) is 9.61. The monoisotopic (exact) mass is 570 g/mol. The molecule has 0 aliphatic rings. The molecule has 0 radical (unpaired) electrons. The lowest BCUT2D eigenvalue weighted by Gasteiger charge is -2.19. The minimum Gasteiger partial charge on any atom is -0.456 e. The summed E-state index contributed by atoms with van der Waals surface area (Å²) in [5.74, 6) is 0. The van der Waals surface area contributed by atoms with Gasteiger partial charge in [0.2, 0.25) is 0 Å². The molecule has 0 N–H and O–H groups in total. The molecular weight excluding hydrogens is 544 g/mol.